The molecule has 1 heterocycles. The number of ether oxygens (including phenoxy) is 3. The fraction of sp³-hybridized carbons (Fsp3) is 0.273. The van der Waals surface area contributed by atoms with E-state index in [4.69, 9.17) is 19.1 Å². The molecule has 0 saturated carbocycles. The second-order valence-electron chi connectivity index (χ2n) is 7.11. The Kier molecular flexibility index (Phi) is 8.06. The highest BCUT2D eigenvalue weighted by Gasteiger charge is 2.15. The van der Waals surface area contributed by atoms with Gasteiger partial charge in [0.05, 0.1) is 33.2 Å². The number of nitrogens with zero attached hydrogens (tertiary/aromatic N) is 2. The van der Waals surface area contributed by atoms with E-state index in [1.54, 1.807) is 36.4 Å². The number of rotatable bonds is 11. The van der Waals surface area contributed by atoms with Gasteiger partial charge < -0.3 is 24.8 Å². The number of hydrogen-bond acceptors (Lipinski definition) is 10. The van der Waals surface area contributed by atoms with Crippen LogP contribution in [-0.2, 0) is 4.94 Å². The van der Waals surface area contributed by atoms with E-state index in [1.807, 2.05) is 13.8 Å². The first kappa shape index (κ1) is 23.8. The van der Waals surface area contributed by atoms with E-state index in [2.05, 4.69) is 31.6 Å². The molecule has 0 fully saturated rings. The average Bonchev–Trinajstić information content (AvgIpc) is 2.80. The molecule has 0 aliphatic rings. The van der Waals surface area contributed by atoms with E-state index in [0.29, 0.717) is 34.3 Å². The van der Waals surface area contributed by atoms with Crippen molar-refractivity contribution in [3.63, 3.8) is 0 Å². The number of benzene rings is 2. The van der Waals surface area contributed by atoms with Gasteiger partial charge in [-0.15, -0.1) is 0 Å². The second-order valence-corrected chi connectivity index (χ2v) is 7.11. The number of anilines is 5. The van der Waals surface area contributed by atoms with Crippen LogP contribution in [0, 0.1) is 5.82 Å². The summed E-state index contributed by atoms with van der Waals surface area (Å²) < 4.78 is 30.4. The zero-order chi connectivity index (χ0) is 23.8. The molecule has 1 aromatic heterocycles. The van der Waals surface area contributed by atoms with Crippen LogP contribution >= 0.6 is 0 Å². The van der Waals surface area contributed by atoms with Crippen molar-refractivity contribution in [3.8, 4) is 17.2 Å². The number of aromatic nitrogens is 2. The van der Waals surface area contributed by atoms with Gasteiger partial charge in [0, 0.05) is 29.5 Å². The maximum atomic E-state index is 14.4. The van der Waals surface area contributed by atoms with Crippen LogP contribution in [0.1, 0.15) is 13.8 Å². The van der Waals surface area contributed by atoms with Crippen molar-refractivity contribution in [2.75, 3.05) is 37.4 Å². The molecule has 3 aromatic rings. The van der Waals surface area contributed by atoms with Crippen LogP contribution in [0.4, 0.5) is 33.2 Å². The van der Waals surface area contributed by atoms with Crippen LogP contribution in [0.5, 0.6) is 17.2 Å². The highest BCUT2D eigenvalue weighted by Crippen LogP contribution is 2.40. The maximum absolute atomic E-state index is 14.4. The monoisotopic (exact) mass is 458 g/mol. The molecule has 0 unspecified atom stereocenters. The topological polar surface area (TPSA) is 111 Å². The van der Waals surface area contributed by atoms with Gasteiger partial charge in [0.25, 0.3) is 0 Å². The van der Waals surface area contributed by atoms with Gasteiger partial charge in [-0.1, -0.05) is 6.07 Å². The first-order chi connectivity index (χ1) is 15.9. The third kappa shape index (κ3) is 6.34. The summed E-state index contributed by atoms with van der Waals surface area (Å²) in [6.45, 7) is 3.89. The van der Waals surface area contributed by atoms with Crippen molar-refractivity contribution < 1.29 is 23.5 Å². The van der Waals surface area contributed by atoms with Crippen molar-refractivity contribution in [1.29, 1.82) is 0 Å². The molecule has 3 rings (SSSR count). The lowest BCUT2D eigenvalue weighted by Crippen LogP contribution is -2.25. The Morgan fingerprint density at radius 2 is 1.58 bits per heavy atom. The van der Waals surface area contributed by atoms with Crippen LogP contribution in [0.3, 0.4) is 0 Å². The molecule has 0 aliphatic heterocycles. The number of hydrogen-bond donors (Lipinski definition) is 4. The minimum Gasteiger partial charge on any atom is -0.493 e. The molecular formula is C22H27FN6O4. The van der Waals surface area contributed by atoms with Crippen molar-refractivity contribution in [2.45, 2.75) is 19.9 Å². The molecule has 11 heteroatoms. The zero-order valence-corrected chi connectivity index (χ0v) is 19.0. The summed E-state index contributed by atoms with van der Waals surface area (Å²) in [6, 6.07) is 10.7. The fourth-order valence-corrected chi connectivity index (χ4v) is 2.80. The van der Waals surface area contributed by atoms with Gasteiger partial charge in [-0.3, -0.25) is 0 Å². The van der Waals surface area contributed by atoms with Crippen molar-refractivity contribution in [1.82, 2.24) is 15.4 Å². The summed E-state index contributed by atoms with van der Waals surface area (Å²) in [7, 11) is 4.56. The predicted molar refractivity (Wildman–Crippen MR) is 124 cm³/mol. The Morgan fingerprint density at radius 1 is 0.879 bits per heavy atom. The SMILES string of the molecule is COc1cc(Nc2ncc(F)c(Nc3cccc(NONC(C)C)c3)n2)cc(OC)c1OC. The van der Waals surface area contributed by atoms with Gasteiger partial charge in [0.15, 0.2) is 23.1 Å². The van der Waals surface area contributed by atoms with Crippen molar-refractivity contribution >= 4 is 28.8 Å². The van der Waals surface area contributed by atoms with E-state index in [0.717, 1.165) is 6.20 Å². The van der Waals surface area contributed by atoms with Crippen LogP contribution in [0.2, 0.25) is 0 Å². The van der Waals surface area contributed by atoms with Gasteiger partial charge in [0.1, 0.15) is 0 Å². The first-order valence-electron chi connectivity index (χ1n) is 10.1. The summed E-state index contributed by atoms with van der Waals surface area (Å²) in [5.74, 6) is 0.928. The summed E-state index contributed by atoms with van der Waals surface area (Å²) in [6.07, 6.45) is 1.08. The number of nitrogens with one attached hydrogen (secondary N) is 4. The molecule has 0 atom stereocenters. The first-order valence-corrected chi connectivity index (χ1v) is 10.1. The lowest BCUT2D eigenvalue weighted by molar-refractivity contribution is 0.0684. The second kappa shape index (κ2) is 11.2. The quantitative estimate of drug-likeness (QED) is 0.309. The minimum atomic E-state index is -0.610. The lowest BCUT2D eigenvalue weighted by Gasteiger charge is -2.15. The smallest absolute Gasteiger partial charge is 0.229 e. The summed E-state index contributed by atoms with van der Waals surface area (Å²) in [5, 5.41) is 5.97. The molecule has 0 amide bonds. The molecule has 0 spiro atoms. The highest BCUT2D eigenvalue weighted by molar-refractivity contribution is 5.67. The zero-order valence-electron chi connectivity index (χ0n) is 19.0. The van der Waals surface area contributed by atoms with Gasteiger partial charge in [0.2, 0.25) is 11.7 Å². The molecule has 0 bridgehead atoms. The van der Waals surface area contributed by atoms with Crippen LogP contribution in [0.25, 0.3) is 0 Å². The largest absolute Gasteiger partial charge is 0.493 e. The summed E-state index contributed by atoms with van der Waals surface area (Å²) in [4.78, 5) is 13.4. The standard InChI is InChI=1S/C22H27FN6O4/c1-13(2)28-33-29-15-8-6-7-14(9-15)25-21-17(23)12-24-22(27-21)26-16-10-18(30-3)20(32-5)19(11-16)31-4/h6-13,28-29H,1-5H3,(H2,24,25,26,27). The number of halogens is 1. The molecular weight excluding hydrogens is 431 g/mol. The molecule has 10 nitrogen and oxygen atoms in total. The van der Waals surface area contributed by atoms with E-state index in [1.165, 1.54) is 21.3 Å². The van der Waals surface area contributed by atoms with E-state index >= 15 is 0 Å². The number of hydroxylamine groups is 1. The molecule has 0 aliphatic carbocycles. The normalized spacial score (nSPS) is 10.6. The van der Waals surface area contributed by atoms with E-state index in [-0.39, 0.29) is 17.8 Å². The van der Waals surface area contributed by atoms with Crippen LogP contribution in [0.15, 0.2) is 42.6 Å². The van der Waals surface area contributed by atoms with Crippen LogP contribution in [-0.4, -0.2) is 37.3 Å². The van der Waals surface area contributed by atoms with Crippen molar-refractivity contribution in [2.24, 2.45) is 0 Å². The van der Waals surface area contributed by atoms with Crippen molar-refractivity contribution in [3.05, 3.63) is 48.4 Å². The molecule has 2 aromatic carbocycles. The Balaban J connectivity index is 1.78. The average molecular weight is 458 g/mol. The van der Waals surface area contributed by atoms with E-state index < -0.39 is 5.82 Å². The molecule has 0 radical (unpaired) electrons. The maximum Gasteiger partial charge on any atom is 0.229 e. The van der Waals surface area contributed by atoms with Crippen LogP contribution < -0.4 is 35.8 Å². The summed E-state index contributed by atoms with van der Waals surface area (Å²) in [5.41, 5.74) is 7.39. The van der Waals surface area contributed by atoms with Gasteiger partial charge in [-0.05, 0) is 32.0 Å². The predicted octanol–water partition coefficient (Wildman–Crippen LogP) is 4.39. The highest BCUT2D eigenvalue weighted by atomic mass is 19.1. The van der Waals surface area contributed by atoms with E-state index in [9.17, 15) is 4.39 Å². The third-order valence-electron chi connectivity index (χ3n) is 4.25. The Morgan fingerprint density at radius 3 is 2.21 bits per heavy atom. The fourth-order valence-electron chi connectivity index (χ4n) is 2.80. The lowest BCUT2D eigenvalue weighted by atomic mass is 10.2. The van der Waals surface area contributed by atoms with Gasteiger partial charge in [-0.2, -0.15) is 15.4 Å². The summed E-state index contributed by atoms with van der Waals surface area (Å²) >= 11 is 0. The molecule has 4 N–H and O–H groups in total. The van der Waals surface area contributed by atoms with Gasteiger partial charge in [-0.25, -0.2) is 14.9 Å². The molecule has 33 heavy (non-hydrogen) atoms. The Bertz CT molecular complexity index is 1060. The third-order valence-corrected chi connectivity index (χ3v) is 4.25. The Labute approximate surface area is 191 Å². The van der Waals surface area contributed by atoms with Gasteiger partial charge >= 0.3 is 0 Å². The molecule has 176 valence electrons. The minimum absolute atomic E-state index is 0.00156. The number of methoxy groups -OCH3 is 3. The Hall–Kier alpha value is -3.83. The molecule has 0 saturated heterocycles.